The number of hydrogen-bond donors (Lipinski definition) is 1. The van der Waals surface area contributed by atoms with Gasteiger partial charge in [-0.15, -0.1) is 0 Å². The monoisotopic (exact) mass is 193 g/mol. The zero-order chi connectivity index (χ0) is 9.90. The van der Waals surface area contributed by atoms with Crippen LogP contribution in [0, 0.1) is 0 Å². The Kier molecular flexibility index (Phi) is 2.98. The second-order valence-corrected chi connectivity index (χ2v) is 2.77. The van der Waals surface area contributed by atoms with E-state index in [1.807, 2.05) is 0 Å². The maximum atomic E-state index is 11.8. The van der Waals surface area contributed by atoms with Crippen LogP contribution in [0.3, 0.4) is 0 Å². The number of furan rings is 1. The normalized spacial score (nSPS) is 14.5. The Morgan fingerprint density at radius 1 is 1.54 bits per heavy atom. The highest BCUT2D eigenvalue weighted by Gasteiger charge is 2.27. The van der Waals surface area contributed by atoms with E-state index in [0.717, 1.165) is 0 Å². The maximum absolute atomic E-state index is 11.8. The van der Waals surface area contributed by atoms with E-state index in [9.17, 15) is 13.2 Å². The van der Waals surface area contributed by atoms with Crippen molar-refractivity contribution in [1.29, 1.82) is 0 Å². The van der Waals surface area contributed by atoms with Crippen molar-refractivity contribution in [1.82, 2.24) is 5.32 Å². The predicted molar refractivity (Wildman–Crippen MR) is 41.2 cm³/mol. The third-order valence-corrected chi connectivity index (χ3v) is 1.65. The molecule has 13 heavy (non-hydrogen) atoms. The Morgan fingerprint density at radius 2 is 2.23 bits per heavy atom. The molecule has 2 nitrogen and oxygen atoms in total. The van der Waals surface area contributed by atoms with E-state index in [2.05, 4.69) is 5.32 Å². The van der Waals surface area contributed by atoms with Gasteiger partial charge < -0.3 is 9.73 Å². The Morgan fingerprint density at radius 3 is 2.69 bits per heavy atom. The lowest BCUT2D eigenvalue weighted by molar-refractivity contribution is -0.126. The van der Waals surface area contributed by atoms with Gasteiger partial charge in [-0.05, 0) is 13.0 Å². The van der Waals surface area contributed by atoms with E-state index >= 15 is 0 Å². The van der Waals surface area contributed by atoms with Gasteiger partial charge in [0.05, 0.1) is 19.1 Å². The molecule has 0 bridgehead atoms. The molecule has 0 fully saturated rings. The van der Waals surface area contributed by atoms with Crippen LogP contribution in [-0.4, -0.2) is 12.7 Å². The summed E-state index contributed by atoms with van der Waals surface area (Å²) in [5.74, 6) is 0. The molecule has 74 valence electrons. The predicted octanol–water partition coefficient (Wildman–Crippen LogP) is 2.49. The second kappa shape index (κ2) is 3.83. The third kappa shape index (κ3) is 3.50. The van der Waals surface area contributed by atoms with E-state index in [1.54, 1.807) is 13.0 Å². The van der Waals surface area contributed by atoms with Crippen molar-refractivity contribution in [2.45, 2.75) is 19.1 Å². The van der Waals surface area contributed by atoms with Crippen molar-refractivity contribution < 1.29 is 17.6 Å². The molecule has 1 rings (SSSR count). The Bertz CT molecular complexity index is 242. The number of nitrogens with one attached hydrogen (secondary N) is 1. The summed E-state index contributed by atoms with van der Waals surface area (Å²) in [5, 5.41) is 2.34. The highest BCUT2D eigenvalue weighted by atomic mass is 19.4. The molecule has 1 heterocycles. The molecular formula is C8H10F3NO. The van der Waals surface area contributed by atoms with Crippen LogP contribution in [0.4, 0.5) is 13.2 Å². The average molecular weight is 193 g/mol. The fourth-order valence-electron chi connectivity index (χ4n) is 0.908. The summed E-state index contributed by atoms with van der Waals surface area (Å²) in [7, 11) is 0. The van der Waals surface area contributed by atoms with Gasteiger partial charge >= 0.3 is 6.18 Å². The number of halogens is 3. The molecule has 0 saturated carbocycles. The zero-order valence-electron chi connectivity index (χ0n) is 7.06. The molecule has 0 amide bonds. The van der Waals surface area contributed by atoms with Crippen LogP contribution in [0.25, 0.3) is 0 Å². The first kappa shape index (κ1) is 10.1. The molecule has 0 spiro atoms. The molecular weight excluding hydrogens is 183 g/mol. The molecule has 0 aromatic carbocycles. The molecule has 0 aliphatic heterocycles. The summed E-state index contributed by atoms with van der Waals surface area (Å²) >= 11 is 0. The summed E-state index contributed by atoms with van der Waals surface area (Å²) in [6.07, 6.45) is -1.31. The van der Waals surface area contributed by atoms with Crippen molar-refractivity contribution in [2.75, 3.05) is 6.54 Å². The van der Waals surface area contributed by atoms with Gasteiger partial charge in [-0.1, -0.05) is 0 Å². The first-order valence-electron chi connectivity index (χ1n) is 3.81. The summed E-state index contributed by atoms with van der Waals surface area (Å²) in [6, 6.07) is 1.29. The lowest BCUT2D eigenvalue weighted by atomic mass is 10.2. The minimum absolute atomic E-state index is 0.347. The number of hydrogen-bond acceptors (Lipinski definition) is 2. The van der Waals surface area contributed by atoms with Crippen LogP contribution in [-0.2, 0) is 0 Å². The smallest absolute Gasteiger partial charge is 0.401 e. The van der Waals surface area contributed by atoms with Gasteiger partial charge in [0.25, 0.3) is 0 Å². The van der Waals surface area contributed by atoms with Gasteiger partial charge in [0.15, 0.2) is 0 Å². The molecule has 1 atom stereocenters. The standard InChI is InChI=1S/C8H10F3NO/c1-6(7-2-3-13-4-7)12-5-8(9,10)11/h2-4,6,12H,5H2,1H3. The van der Waals surface area contributed by atoms with Crippen LogP contribution < -0.4 is 5.32 Å². The first-order valence-corrected chi connectivity index (χ1v) is 3.81. The van der Waals surface area contributed by atoms with E-state index in [-0.39, 0.29) is 6.04 Å². The first-order chi connectivity index (χ1) is 5.99. The molecule has 1 unspecified atom stereocenters. The quantitative estimate of drug-likeness (QED) is 0.797. The average Bonchev–Trinajstić information content (AvgIpc) is 2.50. The largest absolute Gasteiger partial charge is 0.472 e. The molecule has 5 heteroatoms. The van der Waals surface area contributed by atoms with E-state index in [1.165, 1.54) is 12.5 Å². The van der Waals surface area contributed by atoms with Crippen LogP contribution in [0.1, 0.15) is 18.5 Å². The van der Waals surface area contributed by atoms with Gasteiger partial charge in [-0.2, -0.15) is 13.2 Å². The van der Waals surface area contributed by atoms with Crippen LogP contribution in [0.2, 0.25) is 0 Å². The van der Waals surface area contributed by atoms with Gasteiger partial charge in [0, 0.05) is 11.6 Å². The van der Waals surface area contributed by atoms with Crippen molar-refractivity contribution >= 4 is 0 Å². The molecule has 1 aromatic heterocycles. The minimum atomic E-state index is -4.17. The zero-order valence-corrected chi connectivity index (χ0v) is 7.06. The number of rotatable bonds is 3. The van der Waals surface area contributed by atoms with Gasteiger partial charge in [0.2, 0.25) is 0 Å². The molecule has 1 aromatic rings. The summed E-state index contributed by atoms with van der Waals surface area (Å²) < 4.78 is 40.1. The van der Waals surface area contributed by atoms with Crippen LogP contribution >= 0.6 is 0 Å². The van der Waals surface area contributed by atoms with E-state index in [0.29, 0.717) is 5.56 Å². The lowest BCUT2D eigenvalue weighted by Crippen LogP contribution is -2.30. The lowest BCUT2D eigenvalue weighted by Gasteiger charge is -2.13. The van der Waals surface area contributed by atoms with Crippen LogP contribution in [0.5, 0.6) is 0 Å². The van der Waals surface area contributed by atoms with E-state index in [4.69, 9.17) is 4.42 Å². The molecule has 0 aliphatic carbocycles. The van der Waals surface area contributed by atoms with Crippen molar-refractivity contribution in [2.24, 2.45) is 0 Å². The van der Waals surface area contributed by atoms with Gasteiger partial charge in [0.1, 0.15) is 0 Å². The molecule has 0 saturated heterocycles. The topological polar surface area (TPSA) is 25.2 Å². The van der Waals surface area contributed by atoms with Crippen molar-refractivity contribution in [3.05, 3.63) is 24.2 Å². The van der Waals surface area contributed by atoms with Gasteiger partial charge in [-0.3, -0.25) is 0 Å². The fraction of sp³-hybridized carbons (Fsp3) is 0.500. The summed E-state index contributed by atoms with van der Waals surface area (Å²) in [5.41, 5.74) is 0.712. The number of alkyl halides is 3. The maximum Gasteiger partial charge on any atom is 0.401 e. The molecule has 0 aliphatic rings. The minimum Gasteiger partial charge on any atom is -0.472 e. The second-order valence-electron chi connectivity index (χ2n) is 2.77. The Hall–Kier alpha value is -0.970. The summed E-state index contributed by atoms with van der Waals surface area (Å²) in [4.78, 5) is 0. The molecule has 0 radical (unpaired) electrons. The highest BCUT2D eigenvalue weighted by Crippen LogP contribution is 2.17. The summed E-state index contributed by atoms with van der Waals surface area (Å²) in [6.45, 7) is 0.663. The van der Waals surface area contributed by atoms with Crippen molar-refractivity contribution in [3.8, 4) is 0 Å². The molecule has 1 N–H and O–H groups in total. The van der Waals surface area contributed by atoms with Crippen LogP contribution in [0.15, 0.2) is 23.0 Å². The van der Waals surface area contributed by atoms with E-state index < -0.39 is 12.7 Å². The Labute approximate surface area is 73.7 Å². The fourth-order valence-corrected chi connectivity index (χ4v) is 0.908. The third-order valence-electron chi connectivity index (χ3n) is 1.65. The van der Waals surface area contributed by atoms with Gasteiger partial charge in [-0.25, -0.2) is 0 Å². The van der Waals surface area contributed by atoms with Crippen molar-refractivity contribution in [3.63, 3.8) is 0 Å². The highest BCUT2D eigenvalue weighted by molar-refractivity contribution is 5.10. The SMILES string of the molecule is CC(NCC(F)(F)F)c1ccoc1. The Balaban J connectivity index is 2.39.